The van der Waals surface area contributed by atoms with Gasteiger partial charge in [0.05, 0.1) is 12.6 Å². The summed E-state index contributed by atoms with van der Waals surface area (Å²) in [7, 11) is 0. The maximum atomic E-state index is 11.7. The molecule has 1 aromatic carbocycles. The Hall–Kier alpha value is -1.55. The van der Waals surface area contributed by atoms with E-state index in [9.17, 15) is 4.79 Å². The Kier molecular flexibility index (Phi) is 8.51. The number of nitrogens with one attached hydrogen (secondary N) is 2. The van der Waals surface area contributed by atoms with E-state index in [1.807, 2.05) is 38.1 Å². The molecule has 0 aliphatic carbocycles. The zero-order valence-electron chi connectivity index (χ0n) is 13.4. The molecule has 1 amide bonds. The van der Waals surface area contributed by atoms with Gasteiger partial charge in [-0.2, -0.15) is 0 Å². The first-order valence-electron chi connectivity index (χ1n) is 7.90. The van der Waals surface area contributed by atoms with Crippen molar-refractivity contribution >= 4 is 5.91 Å². The molecule has 0 aliphatic heterocycles. The molecule has 0 aliphatic rings. The van der Waals surface area contributed by atoms with Crippen LogP contribution < -0.4 is 15.4 Å². The molecule has 1 atom stereocenters. The maximum Gasteiger partial charge on any atom is 0.236 e. The third-order valence-corrected chi connectivity index (χ3v) is 3.24. The molecule has 21 heavy (non-hydrogen) atoms. The van der Waals surface area contributed by atoms with Gasteiger partial charge in [0.15, 0.2) is 0 Å². The molecular formula is C17H28N2O2. The monoisotopic (exact) mass is 292 g/mol. The predicted molar refractivity (Wildman–Crippen MR) is 86.4 cm³/mol. The fourth-order valence-corrected chi connectivity index (χ4v) is 1.80. The lowest BCUT2D eigenvalue weighted by molar-refractivity contribution is -0.122. The first-order chi connectivity index (χ1) is 10.2. The Bertz CT molecular complexity index is 404. The summed E-state index contributed by atoms with van der Waals surface area (Å²) in [6, 6.07) is 7.84. The van der Waals surface area contributed by atoms with E-state index in [2.05, 4.69) is 17.6 Å². The van der Waals surface area contributed by atoms with Crippen LogP contribution in [0.1, 0.15) is 45.6 Å². The van der Waals surface area contributed by atoms with Crippen molar-refractivity contribution in [1.82, 2.24) is 10.6 Å². The first-order valence-corrected chi connectivity index (χ1v) is 7.90. The highest BCUT2D eigenvalue weighted by molar-refractivity contribution is 5.81. The molecule has 0 spiro atoms. The van der Waals surface area contributed by atoms with Crippen molar-refractivity contribution in [1.29, 1.82) is 0 Å². The Morgan fingerprint density at radius 2 is 1.90 bits per heavy atom. The number of amides is 1. The van der Waals surface area contributed by atoms with Gasteiger partial charge in [0.25, 0.3) is 0 Å². The molecule has 0 heterocycles. The van der Waals surface area contributed by atoms with Crippen molar-refractivity contribution in [2.75, 3.05) is 13.2 Å². The van der Waals surface area contributed by atoms with Crippen molar-refractivity contribution in [3.63, 3.8) is 0 Å². The summed E-state index contributed by atoms with van der Waals surface area (Å²) < 4.78 is 5.62. The number of hydrogen-bond acceptors (Lipinski definition) is 3. The largest absolute Gasteiger partial charge is 0.494 e. The topological polar surface area (TPSA) is 50.4 Å². The lowest BCUT2D eigenvalue weighted by Gasteiger charge is -2.14. The molecule has 0 saturated heterocycles. The molecule has 0 aromatic heterocycles. The molecule has 0 radical (unpaired) electrons. The summed E-state index contributed by atoms with van der Waals surface area (Å²) in [5.41, 5.74) is 1.15. The number of ether oxygens (including phenoxy) is 1. The normalized spacial score (nSPS) is 12.0. The Morgan fingerprint density at radius 3 is 2.52 bits per heavy atom. The quantitative estimate of drug-likeness (QED) is 0.652. The van der Waals surface area contributed by atoms with Crippen LogP contribution in [0.25, 0.3) is 0 Å². The Morgan fingerprint density at radius 1 is 1.19 bits per heavy atom. The van der Waals surface area contributed by atoms with Gasteiger partial charge in [-0.25, -0.2) is 0 Å². The highest BCUT2D eigenvalue weighted by Gasteiger charge is 2.10. The minimum Gasteiger partial charge on any atom is -0.494 e. The van der Waals surface area contributed by atoms with Crippen LogP contribution in [-0.4, -0.2) is 25.1 Å². The Balaban J connectivity index is 2.33. The van der Waals surface area contributed by atoms with E-state index in [0.717, 1.165) is 43.7 Å². The summed E-state index contributed by atoms with van der Waals surface area (Å²) in [6.07, 6.45) is 3.17. The second-order valence-corrected chi connectivity index (χ2v) is 5.24. The third-order valence-electron chi connectivity index (χ3n) is 3.24. The molecule has 0 bridgehead atoms. The molecule has 2 N–H and O–H groups in total. The van der Waals surface area contributed by atoms with Gasteiger partial charge in [-0.05, 0) is 37.5 Å². The second-order valence-electron chi connectivity index (χ2n) is 5.24. The fourth-order valence-electron chi connectivity index (χ4n) is 1.80. The summed E-state index contributed by atoms with van der Waals surface area (Å²) in [5.74, 6) is 0.956. The van der Waals surface area contributed by atoms with Crippen LogP contribution >= 0.6 is 0 Å². The zero-order valence-corrected chi connectivity index (χ0v) is 13.4. The zero-order chi connectivity index (χ0) is 15.5. The van der Waals surface area contributed by atoms with Gasteiger partial charge in [0.2, 0.25) is 5.91 Å². The molecule has 0 saturated carbocycles. The molecule has 118 valence electrons. The molecule has 1 rings (SSSR count). The lowest BCUT2D eigenvalue weighted by Crippen LogP contribution is -2.42. The van der Waals surface area contributed by atoms with Crippen LogP contribution in [0.3, 0.4) is 0 Å². The van der Waals surface area contributed by atoms with E-state index >= 15 is 0 Å². The number of rotatable bonds is 10. The average molecular weight is 292 g/mol. The number of carbonyl (C=O) groups excluding carboxylic acids is 1. The van der Waals surface area contributed by atoms with Crippen molar-refractivity contribution < 1.29 is 9.53 Å². The van der Waals surface area contributed by atoms with Crippen LogP contribution in [0, 0.1) is 0 Å². The van der Waals surface area contributed by atoms with Crippen LogP contribution in [0.5, 0.6) is 5.75 Å². The van der Waals surface area contributed by atoms with Gasteiger partial charge < -0.3 is 15.4 Å². The summed E-state index contributed by atoms with van der Waals surface area (Å²) >= 11 is 0. The summed E-state index contributed by atoms with van der Waals surface area (Å²) in [4.78, 5) is 11.7. The van der Waals surface area contributed by atoms with Gasteiger partial charge in [0.1, 0.15) is 5.75 Å². The highest BCUT2D eigenvalue weighted by atomic mass is 16.5. The van der Waals surface area contributed by atoms with Gasteiger partial charge in [0, 0.05) is 13.1 Å². The number of hydrogen-bond donors (Lipinski definition) is 2. The molecule has 4 nitrogen and oxygen atoms in total. The summed E-state index contributed by atoms with van der Waals surface area (Å²) in [5, 5.41) is 6.11. The van der Waals surface area contributed by atoms with E-state index in [1.54, 1.807) is 0 Å². The van der Waals surface area contributed by atoms with E-state index in [4.69, 9.17) is 4.74 Å². The second kappa shape index (κ2) is 10.2. The fraction of sp³-hybridized carbons (Fsp3) is 0.588. The van der Waals surface area contributed by atoms with E-state index in [1.165, 1.54) is 0 Å². The predicted octanol–water partition coefficient (Wildman–Crippen LogP) is 2.87. The van der Waals surface area contributed by atoms with Crippen molar-refractivity contribution in [3.8, 4) is 5.75 Å². The molecule has 0 fully saturated rings. The number of benzene rings is 1. The lowest BCUT2D eigenvalue weighted by atomic mass is 10.2. The van der Waals surface area contributed by atoms with Crippen molar-refractivity contribution in [2.45, 2.75) is 52.6 Å². The van der Waals surface area contributed by atoms with E-state index in [0.29, 0.717) is 6.54 Å². The third kappa shape index (κ3) is 7.14. The standard InChI is InChI=1S/C17H28N2O2/c1-4-6-12-21-16-9-7-15(8-10-16)13-19-14(3)17(20)18-11-5-2/h7-10,14,19H,4-6,11-13H2,1-3H3,(H,18,20). The molecule has 1 unspecified atom stereocenters. The highest BCUT2D eigenvalue weighted by Crippen LogP contribution is 2.12. The van der Waals surface area contributed by atoms with Gasteiger partial charge in [-0.3, -0.25) is 4.79 Å². The average Bonchev–Trinajstić information content (AvgIpc) is 2.51. The van der Waals surface area contributed by atoms with E-state index < -0.39 is 0 Å². The van der Waals surface area contributed by atoms with Gasteiger partial charge >= 0.3 is 0 Å². The van der Waals surface area contributed by atoms with Crippen LogP contribution in [-0.2, 0) is 11.3 Å². The maximum absolute atomic E-state index is 11.7. The van der Waals surface area contributed by atoms with Crippen molar-refractivity contribution in [3.05, 3.63) is 29.8 Å². The first kappa shape index (κ1) is 17.5. The molecule has 1 aromatic rings. The smallest absolute Gasteiger partial charge is 0.236 e. The SMILES string of the molecule is CCCCOc1ccc(CNC(C)C(=O)NCCC)cc1. The van der Waals surface area contributed by atoms with E-state index in [-0.39, 0.29) is 11.9 Å². The van der Waals surface area contributed by atoms with Crippen molar-refractivity contribution in [2.24, 2.45) is 0 Å². The summed E-state index contributed by atoms with van der Waals surface area (Å²) in [6.45, 7) is 8.25. The minimum absolute atomic E-state index is 0.0522. The number of unbranched alkanes of at least 4 members (excludes halogenated alkanes) is 1. The Labute approximate surface area is 128 Å². The molecular weight excluding hydrogens is 264 g/mol. The van der Waals surface area contributed by atoms with Gasteiger partial charge in [-0.1, -0.05) is 32.4 Å². The number of carbonyl (C=O) groups is 1. The van der Waals surface area contributed by atoms with Crippen LogP contribution in [0.4, 0.5) is 0 Å². The van der Waals surface area contributed by atoms with Crippen LogP contribution in [0.2, 0.25) is 0 Å². The van der Waals surface area contributed by atoms with Crippen LogP contribution in [0.15, 0.2) is 24.3 Å². The van der Waals surface area contributed by atoms with Gasteiger partial charge in [-0.15, -0.1) is 0 Å². The minimum atomic E-state index is -0.183. The molecule has 4 heteroatoms.